The van der Waals surface area contributed by atoms with Crippen LogP contribution in [-0.2, 0) is 19.1 Å². The van der Waals surface area contributed by atoms with Gasteiger partial charge in [-0.2, -0.15) is 0 Å². The smallest absolute Gasteiger partial charge is 0.310 e. The van der Waals surface area contributed by atoms with Crippen molar-refractivity contribution >= 4 is 17.6 Å². The van der Waals surface area contributed by atoms with Gasteiger partial charge in [0.25, 0.3) is 0 Å². The molecule has 0 aromatic heterocycles. The highest BCUT2D eigenvalue weighted by Crippen LogP contribution is 2.29. The molecule has 140 valence electrons. The molecule has 1 aromatic carbocycles. The number of allylic oxidation sites excluding steroid dienone is 2. The van der Waals surface area contributed by atoms with Gasteiger partial charge in [-0.15, -0.1) is 0 Å². The second kappa shape index (κ2) is 8.85. The van der Waals surface area contributed by atoms with E-state index in [2.05, 4.69) is 5.32 Å². The van der Waals surface area contributed by atoms with E-state index in [1.807, 2.05) is 12.2 Å². The van der Waals surface area contributed by atoms with Crippen molar-refractivity contribution < 1.29 is 23.8 Å². The Balaban J connectivity index is 1.58. The van der Waals surface area contributed by atoms with Crippen LogP contribution >= 0.6 is 0 Å². The molecular formula is C20H25NO5. The zero-order valence-corrected chi connectivity index (χ0v) is 15.0. The summed E-state index contributed by atoms with van der Waals surface area (Å²) >= 11 is 0. The van der Waals surface area contributed by atoms with Crippen LogP contribution in [0.15, 0.2) is 36.4 Å². The van der Waals surface area contributed by atoms with Crippen molar-refractivity contribution in [1.82, 2.24) is 0 Å². The number of carbonyl (C=O) groups excluding carboxylic acids is 2. The van der Waals surface area contributed by atoms with E-state index >= 15 is 0 Å². The largest absolute Gasteiger partial charge is 0.497 e. The molecule has 0 saturated carbocycles. The van der Waals surface area contributed by atoms with E-state index in [4.69, 9.17) is 14.2 Å². The molecule has 1 amide bonds. The van der Waals surface area contributed by atoms with Crippen molar-refractivity contribution in [1.29, 1.82) is 0 Å². The fourth-order valence-electron chi connectivity index (χ4n) is 3.33. The molecule has 3 rings (SSSR count). The maximum absolute atomic E-state index is 12.7. The Bertz CT molecular complexity index is 649. The van der Waals surface area contributed by atoms with Gasteiger partial charge in [-0.25, -0.2) is 0 Å². The molecule has 3 atom stereocenters. The fraction of sp³-hybridized carbons (Fsp3) is 0.500. The molecule has 6 nitrogen and oxygen atoms in total. The second-order valence-electron chi connectivity index (χ2n) is 6.64. The number of amides is 1. The van der Waals surface area contributed by atoms with E-state index in [1.165, 1.54) is 0 Å². The molecule has 26 heavy (non-hydrogen) atoms. The molecule has 1 aliphatic carbocycles. The third-order valence-corrected chi connectivity index (χ3v) is 4.86. The lowest BCUT2D eigenvalue weighted by atomic mass is 9.82. The van der Waals surface area contributed by atoms with E-state index in [0.29, 0.717) is 18.5 Å². The van der Waals surface area contributed by atoms with E-state index in [0.717, 1.165) is 25.2 Å². The summed E-state index contributed by atoms with van der Waals surface area (Å²) < 4.78 is 16.0. The van der Waals surface area contributed by atoms with Crippen LogP contribution in [0, 0.1) is 11.8 Å². The molecule has 0 bridgehead atoms. The Morgan fingerprint density at radius 2 is 1.88 bits per heavy atom. The number of methoxy groups -OCH3 is 1. The standard InChI is InChI=1S/C20H25NO5/c1-24-15-10-8-14(9-11-15)21-19(22)17-6-2-3-7-18(17)20(23)26-13-16-5-4-12-25-16/h2-3,8-11,16-18H,4-7,12-13H2,1H3,(H,21,22). The first-order valence-electron chi connectivity index (χ1n) is 9.05. The molecule has 1 saturated heterocycles. The van der Waals surface area contributed by atoms with E-state index in [9.17, 15) is 9.59 Å². The monoisotopic (exact) mass is 359 g/mol. The first kappa shape index (κ1) is 18.5. The van der Waals surface area contributed by atoms with Crippen molar-refractivity contribution in [3.8, 4) is 5.75 Å². The van der Waals surface area contributed by atoms with Gasteiger partial charge in [0.05, 0.1) is 25.0 Å². The lowest BCUT2D eigenvalue weighted by molar-refractivity contribution is -0.155. The summed E-state index contributed by atoms with van der Waals surface area (Å²) in [5, 5.41) is 2.88. The molecule has 6 heteroatoms. The Kier molecular flexibility index (Phi) is 6.28. The predicted octanol–water partition coefficient (Wildman–Crippen LogP) is 2.94. The summed E-state index contributed by atoms with van der Waals surface area (Å²) in [6.45, 7) is 0.993. The molecule has 1 aromatic rings. The summed E-state index contributed by atoms with van der Waals surface area (Å²) in [6.07, 6.45) is 6.84. The molecule has 1 fully saturated rings. The van der Waals surface area contributed by atoms with Crippen LogP contribution in [0.4, 0.5) is 5.69 Å². The van der Waals surface area contributed by atoms with Crippen molar-refractivity contribution in [2.45, 2.75) is 31.8 Å². The summed E-state index contributed by atoms with van der Waals surface area (Å²) in [5.41, 5.74) is 0.678. The number of rotatable bonds is 6. The molecule has 2 aliphatic rings. The Labute approximate surface area is 153 Å². The molecule has 0 radical (unpaired) electrons. The van der Waals surface area contributed by atoms with Crippen LogP contribution in [0.1, 0.15) is 25.7 Å². The maximum atomic E-state index is 12.7. The topological polar surface area (TPSA) is 73.9 Å². The predicted molar refractivity (Wildman–Crippen MR) is 96.9 cm³/mol. The van der Waals surface area contributed by atoms with Crippen LogP contribution in [0.5, 0.6) is 5.75 Å². The SMILES string of the molecule is COc1ccc(NC(=O)C2CC=CCC2C(=O)OCC2CCCO2)cc1. The average Bonchev–Trinajstić information content (AvgIpc) is 3.20. The van der Waals surface area contributed by atoms with Crippen LogP contribution in [-0.4, -0.2) is 38.3 Å². The number of esters is 1. The summed E-state index contributed by atoms with van der Waals surface area (Å²) in [4.78, 5) is 25.2. The molecule has 1 N–H and O–H groups in total. The Morgan fingerprint density at radius 3 is 2.54 bits per heavy atom. The minimum Gasteiger partial charge on any atom is -0.497 e. The van der Waals surface area contributed by atoms with Gasteiger partial charge >= 0.3 is 5.97 Å². The van der Waals surface area contributed by atoms with Gasteiger partial charge in [0, 0.05) is 12.3 Å². The van der Waals surface area contributed by atoms with Crippen molar-refractivity contribution in [2.75, 3.05) is 25.6 Å². The number of hydrogen-bond donors (Lipinski definition) is 1. The summed E-state index contributed by atoms with van der Waals surface area (Å²) in [5.74, 6) is -0.656. The number of ether oxygens (including phenoxy) is 3. The number of anilines is 1. The zero-order chi connectivity index (χ0) is 18.4. The highest BCUT2D eigenvalue weighted by molar-refractivity contribution is 5.95. The molecular weight excluding hydrogens is 334 g/mol. The maximum Gasteiger partial charge on any atom is 0.310 e. The third-order valence-electron chi connectivity index (χ3n) is 4.86. The number of nitrogens with one attached hydrogen (secondary N) is 1. The average molecular weight is 359 g/mol. The summed E-state index contributed by atoms with van der Waals surface area (Å²) in [7, 11) is 1.59. The fourth-order valence-corrected chi connectivity index (χ4v) is 3.33. The quantitative estimate of drug-likeness (QED) is 0.624. The minimum absolute atomic E-state index is 0.00958. The van der Waals surface area contributed by atoms with Gasteiger partial charge in [0.1, 0.15) is 12.4 Å². The number of benzene rings is 1. The van der Waals surface area contributed by atoms with Crippen LogP contribution in [0.3, 0.4) is 0 Å². The van der Waals surface area contributed by atoms with Gasteiger partial charge in [-0.3, -0.25) is 9.59 Å². The number of hydrogen-bond acceptors (Lipinski definition) is 5. The first-order valence-corrected chi connectivity index (χ1v) is 9.05. The van der Waals surface area contributed by atoms with Crippen molar-refractivity contribution in [3.05, 3.63) is 36.4 Å². The number of carbonyl (C=O) groups is 2. The van der Waals surface area contributed by atoms with Gasteiger partial charge < -0.3 is 19.5 Å². The summed E-state index contributed by atoms with van der Waals surface area (Å²) in [6, 6.07) is 7.12. The highest BCUT2D eigenvalue weighted by Gasteiger charge is 2.35. The lowest BCUT2D eigenvalue weighted by Crippen LogP contribution is -2.36. The van der Waals surface area contributed by atoms with Crippen LogP contribution in [0.2, 0.25) is 0 Å². The normalized spacial score (nSPS) is 24.9. The molecule has 0 spiro atoms. The first-order chi connectivity index (χ1) is 12.7. The Hall–Kier alpha value is -2.34. The van der Waals surface area contributed by atoms with E-state index in [-0.39, 0.29) is 24.6 Å². The van der Waals surface area contributed by atoms with E-state index < -0.39 is 11.8 Å². The molecule has 1 aliphatic heterocycles. The van der Waals surface area contributed by atoms with Gasteiger partial charge in [0.15, 0.2) is 0 Å². The van der Waals surface area contributed by atoms with Crippen molar-refractivity contribution in [3.63, 3.8) is 0 Å². The van der Waals surface area contributed by atoms with Crippen LogP contribution < -0.4 is 10.1 Å². The lowest BCUT2D eigenvalue weighted by Gasteiger charge is -2.26. The molecule has 1 heterocycles. The zero-order valence-electron chi connectivity index (χ0n) is 15.0. The Morgan fingerprint density at radius 1 is 1.15 bits per heavy atom. The molecule has 3 unspecified atom stereocenters. The van der Waals surface area contributed by atoms with E-state index in [1.54, 1.807) is 31.4 Å². The minimum atomic E-state index is -0.459. The third kappa shape index (κ3) is 4.64. The second-order valence-corrected chi connectivity index (χ2v) is 6.64. The van der Waals surface area contributed by atoms with Gasteiger partial charge in [-0.05, 0) is 49.9 Å². The van der Waals surface area contributed by atoms with Gasteiger partial charge in [0.2, 0.25) is 5.91 Å². The van der Waals surface area contributed by atoms with Crippen LogP contribution in [0.25, 0.3) is 0 Å². The van der Waals surface area contributed by atoms with Gasteiger partial charge in [-0.1, -0.05) is 12.2 Å². The highest BCUT2D eigenvalue weighted by atomic mass is 16.6. The van der Waals surface area contributed by atoms with Crippen molar-refractivity contribution in [2.24, 2.45) is 11.8 Å².